The van der Waals surface area contributed by atoms with E-state index < -0.39 is 4.92 Å². The molecule has 1 saturated heterocycles. The Bertz CT molecular complexity index is 435. The Hall–Kier alpha value is -2.25. The molecule has 8 nitrogen and oxygen atoms in total. The van der Waals surface area contributed by atoms with Gasteiger partial charge in [0.25, 0.3) is 0 Å². The average Bonchev–Trinajstić information content (AvgIpc) is 2.29. The van der Waals surface area contributed by atoms with Crippen LogP contribution in [0.15, 0.2) is 12.4 Å². The van der Waals surface area contributed by atoms with E-state index in [1.165, 1.54) is 12.4 Å². The van der Waals surface area contributed by atoms with E-state index in [0.717, 1.165) is 0 Å². The Morgan fingerprint density at radius 3 is 2.88 bits per heavy atom. The smallest absolute Gasteiger partial charge is 0.358 e. The Labute approximate surface area is 90.4 Å². The minimum atomic E-state index is -0.602. The minimum absolute atomic E-state index is 0.0690. The summed E-state index contributed by atoms with van der Waals surface area (Å²) in [6.45, 7) is 1.01. The summed E-state index contributed by atoms with van der Waals surface area (Å²) in [6, 6.07) is 0. The molecule has 0 aliphatic carbocycles. The normalized spacial score (nSPS) is 15.8. The molecule has 1 fully saturated rings. The van der Waals surface area contributed by atoms with Crippen LogP contribution in [-0.2, 0) is 4.79 Å². The van der Waals surface area contributed by atoms with Crippen LogP contribution in [0.1, 0.15) is 0 Å². The Kier molecular flexibility index (Phi) is 2.63. The van der Waals surface area contributed by atoms with Gasteiger partial charge in [0.2, 0.25) is 11.7 Å². The van der Waals surface area contributed by atoms with E-state index in [1.54, 1.807) is 4.90 Å². The van der Waals surface area contributed by atoms with Crippen LogP contribution < -0.4 is 10.2 Å². The van der Waals surface area contributed by atoms with Crippen LogP contribution in [0.4, 0.5) is 11.6 Å². The predicted octanol–water partition coefficient (Wildman–Crippen LogP) is -0.679. The SMILES string of the molecule is O=C1CN(c2nccnc2[N+](=O)[O-])CCN1. The standard InChI is InChI=1S/C8H9N5O3/c14-6-5-12(4-3-9-6)7-8(13(15)16)11-2-1-10-7/h1-2H,3-5H2,(H,9,14). The number of hydrogen-bond acceptors (Lipinski definition) is 6. The third-order valence-corrected chi connectivity index (χ3v) is 2.17. The fourth-order valence-corrected chi connectivity index (χ4v) is 1.49. The topological polar surface area (TPSA) is 101 Å². The van der Waals surface area contributed by atoms with Gasteiger partial charge in [-0.1, -0.05) is 0 Å². The Morgan fingerprint density at radius 1 is 1.44 bits per heavy atom. The summed E-state index contributed by atoms with van der Waals surface area (Å²) >= 11 is 0. The van der Waals surface area contributed by atoms with Crippen LogP contribution in [-0.4, -0.2) is 40.4 Å². The zero-order valence-electron chi connectivity index (χ0n) is 8.29. The molecule has 0 aromatic carbocycles. The molecule has 1 aromatic heterocycles. The number of anilines is 1. The zero-order chi connectivity index (χ0) is 11.5. The van der Waals surface area contributed by atoms with Gasteiger partial charge in [0.05, 0.1) is 12.7 Å². The van der Waals surface area contributed by atoms with Gasteiger partial charge in [-0.2, -0.15) is 0 Å². The molecule has 0 unspecified atom stereocenters. The highest BCUT2D eigenvalue weighted by Gasteiger charge is 2.25. The lowest BCUT2D eigenvalue weighted by molar-refractivity contribution is -0.389. The minimum Gasteiger partial charge on any atom is -0.358 e. The van der Waals surface area contributed by atoms with Gasteiger partial charge in [0.15, 0.2) is 6.20 Å². The van der Waals surface area contributed by atoms with Crippen molar-refractivity contribution in [2.24, 2.45) is 0 Å². The van der Waals surface area contributed by atoms with Crippen LogP contribution in [0, 0.1) is 10.1 Å². The number of piperazine rings is 1. The van der Waals surface area contributed by atoms with Gasteiger partial charge in [-0.05, 0) is 9.91 Å². The highest BCUT2D eigenvalue weighted by molar-refractivity contribution is 5.82. The van der Waals surface area contributed by atoms with Crippen molar-refractivity contribution in [1.82, 2.24) is 15.3 Å². The molecule has 2 rings (SSSR count). The largest absolute Gasteiger partial charge is 0.406 e. The maximum absolute atomic E-state index is 11.2. The maximum atomic E-state index is 11.2. The van der Waals surface area contributed by atoms with Crippen molar-refractivity contribution in [3.05, 3.63) is 22.5 Å². The van der Waals surface area contributed by atoms with Crippen molar-refractivity contribution >= 4 is 17.5 Å². The van der Waals surface area contributed by atoms with E-state index in [2.05, 4.69) is 15.3 Å². The highest BCUT2D eigenvalue weighted by Crippen LogP contribution is 2.22. The van der Waals surface area contributed by atoms with Crippen molar-refractivity contribution < 1.29 is 9.72 Å². The Balaban J connectivity index is 2.32. The van der Waals surface area contributed by atoms with Gasteiger partial charge in [-0.15, -0.1) is 0 Å². The summed E-state index contributed by atoms with van der Waals surface area (Å²) in [5.41, 5.74) is 0. The number of nitrogens with one attached hydrogen (secondary N) is 1. The monoisotopic (exact) mass is 223 g/mol. The summed E-state index contributed by atoms with van der Waals surface area (Å²) in [6.07, 6.45) is 2.63. The summed E-state index contributed by atoms with van der Waals surface area (Å²) in [5, 5.41) is 13.4. The molecule has 0 saturated carbocycles. The van der Waals surface area contributed by atoms with Crippen molar-refractivity contribution in [1.29, 1.82) is 0 Å². The number of carbonyl (C=O) groups is 1. The van der Waals surface area contributed by atoms with Crippen LogP contribution in [0.2, 0.25) is 0 Å². The maximum Gasteiger partial charge on any atom is 0.406 e. The Morgan fingerprint density at radius 2 is 2.19 bits per heavy atom. The van der Waals surface area contributed by atoms with Gasteiger partial charge in [0.1, 0.15) is 0 Å². The summed E-state index contributed by atoms with van der Waals surface area (Å²) < 4.78 is 0. The molecule has 1 amide bonds. The second-order valence-corrected chi connectivity index (χ2v) is 3.23. The van der Waals surface area contributed by atoms with Gasteiger partial charge < -0.3 is 20.3 Å². The quantitative estimate of drug-likeness (QED) is 0.526. The van der Waals surface area contributed by atoms with Gasteiger partial charge in [-0.3, -0.25) is 4.79 Å². The highest BCUT2D eigenvalue weighted by atomic mass is 16.6. The first-order valence-corrected chi connectivity index (χ1v) is 4.65. The molecular formula is C8H9N5O3. The van der Waals surface area contributed by atoms with Gasteiger partial charge in [-0.25, -0.2) is 4.98 Å². The van der Waals surface area contributed by atoms with Crippen LogP contribution in [0.25, 0.3) is 0 Å². The zero-order valence-corrected chi connectivity index (χ0v) is 8.29. The molecule has 8 heteroatoms. The lowest BCUT2D eigenvalue weighted by Gasteiger charge is -2.26. The van der Waals surface area contributed by atoms with Crippen molar-refractivity contribution in [2.45, 2.75) is 0 Å². The summed E-state index contributed by atoms with van der Waals surface area (Å²) in [4.78, 5) is 30.4. The third kappa shape index (κ3) is 1.90. The van der Waals surface area contributed by atoms with E-state index in [9.17, 15) is 14.9 Å². The van der Waals surface area contributed by atoms with Crippen LogP contribution in [0.5, 0.6) is 0 Å². The van der Waals surface area contributed by atoms with E-state index >= 15 is 0 Å². The van der Waals surface area contributed by atoms with Crippen LogP contribution >= 0.6 is 0 Å². The number of hydrogen-bond donors (Lipinski definition) is 1. The molecule has 2 heterocycles. The van der Waals surface area contributed by atoms with Crippen molar-refractivity contribution in [3.8, 4) is 0 Å². The summed E-state index contributed by atoms with van der Waals surface area (Å²) in [7, 11) is 0. The number of carbonyl (C=O) groups excluding carboxylic acids is 1. The number of aromatic nitrogens is 2. The van der Waals surface area contributed by atoms with Gasteiger partial charge >= 0.3 is 5.82 Å². The molecular weight excluding hydrogens is 214 g/mol. The molecule has 0 spiro atoms. The van der Waals surface area contributed by atoms with Crippen molar-refractivity contribution in [2.75, 3.05) is 24.5 Å². The average molecular weight is 223 g/mol. The van der Waals surface area contributed by atoms with E-state index in [4.69, 9.17) is 0 Å². The molecule has 1 aliphatic rings. The molecule has 1 N–H and O–H groups in total. The number of nitro groups is 1. The molecule has 84 valence electrons. The number of rotatable bonds is 2. The summed E-state index contributed by atoms with van der Waals surface area (Å²) in [5.74, 6) is -0.356. The van der Waals surface area contributed by atoms with Gasteiger partial charge in [0, 0.05) is 13.1 Å². The predicted molar refractivity (Wildman–Crippen MR) is 53.9 cm³/mol. The second kappa shape index (κ2) is 4.09. The fraction of sp³-hybridized carbons (Fsp3) is 0.375. The molecule has 0 bridgehead atoms. The van der Waals surface area contributed by atoms with Crippen molar-refractivity contribution in [3.63, 3.8) is 0 Å². The molecule has 16 heavy (non-hydrogen) atoms. The van der Waals surface area contributed by atoms with E-state index in [0.29, 0.717) is 13.1 Å². The molecule has 1 aliphatic heterocycles. The second-order valence-electron chi connectivity index (χ2n) is 3.23. The first-order chi connectivity index (χ1) is 7.68. The van der Waals surface area contributed by atoms with E-state index in [1.807, 2.05) is 0 Å². The number of nitrogens with zero attached hydrogens (tertiary/aromatic N) is 4. The molecule has 0 atom stereocenters. The first kappa shape index (κ1) is 10.3. The van der Waals surface area contributed by atoms with Crippen LogP contribution in [0.3, 0.4) is 0 Å². The fourth-order valence-electron chi connectivity index (χ4n) is 1.49. The molecule has 1 aromatic rings. The lowest BCUT2D eigenvalue weighted by Crippen LogP contribution is -2.48. The molecule has 0 radical (unpaired) electrons. The van der Waals surface area contributed by atoms with E-state index in [-0.39, 0.29) is 24.1 Å². The number of amides is 1. The third-order valence-electron chi connectivity index (χ3n) is 2.17. The first-order valence-electron chi connectivity index (χ1n) is 4.65. The lowest BCUT2D eigenvalue weighted by atomic mass is 10.3.